The molecular weight excluding hydrogens is 319 g/mol. The van der Waals surface area contributed by atoms with Gasteiger partial charge in [-0.25, -0.2) is 4.79 Å². The minimum Gasteiger partial charge on any atom is -0.444 e. The summed E-state index contributed by atoms with van der Waals surface area (Å²) in [6.07, 6.45) is -5.54. The maximum absolute atomic E-state index is 13.6. The standard InChI is InChI=1S/C18H16F3NO2/c1-11-16(22(2)17(23)24-11)13-8-9-14(12-6-4-3-5-7-12)15(10-13)18(19,20)21/h3-11,16H,1-2H3. The monoisotopic (exact) mass is 335 g/mol. The second-order valence-corrected chi connectivity index (χ2v) is 5.81. The molecule has 2 unspecified atom stereocenters. The third kappa shape index (κ3) is 2.84. The molecule has 1 aliphatic rings. The number of benzene rings is 2. The third-order valence-electron chi connectivity index (χ3n) is 4.21. The Kier molecular flexibility index (Phi) is 3.99. The average Bonchev–Trinajstić information content (AvgIpc) is 2.79. The Balaban J connectivity index is 2.11. The molecule has 0 saturated carbocycles. The van der Waals surface area contributed by atoms with Crippen molar-refractivity contribution < 1.29 is 22.7 Å². The molecule has 0 aromatic heterocycles. The number of likely N-dealkylation sites (N-methyl/N-ethyl adjacent to an activating group) is 1. The Bertz CT molecular complexity index is 759. The number of hydrogen-bond donors (Lipinski definition) is 0. The molecule has 126 valence electrons. The van der Waals surface area contributed by atoms with Crippen LogP contribution in [0.4, 0.5) is 18.0 Å². The molecule has 2 atom stereocenters. The van der Waals surface area contributed by atoms with E-state index in [0.717, 1.165) is 6.07 Å². The van der Waals surface area contributed by atoms with Crippen molar-refractivity contribution in [1.29, 1.82) is 0 Å². The number of nitrogens with zero attached hydrogens (tertiary/aromatic N) is 1. The maximum Gasteiger partial charge on any atom is 0.417 e. The normalized spacial score (nSPS) is 21.0. The quantitative estimate of drug-likeness (QED) is 0.782. The second-order valence-electron chi connectivity index (χ2n) is 5.81. The number of carbonyl (C=O) groups is 1. The first kappa shape index (κ1) is 16.4. The molecule has 0 aliphatic carbocycles. The predicted octanol–water partition coefficient (Wildman–Crippen LogP) is 4.88. The summed E-state index contributed by atoms with van der Waals surface area (Å²) in [6.45, 7) is 1.67. The van der Waals surface area contributed by atoms with Crippen LogP contribution >= 0.6 is 0 Å². The van der Waals surface area contributed by atoms with E-state index in [2.05, 4.69) is 0 Å². The molecule has 3 nitrogen and oxygen atoms in total. The largest absolute Gasteiger partial charge is 0.444 e. The van der Waals surface area contributed by atoms with Crippen molar-refractivity contribution >= 4 is 6.09 Å². The zero-order chi connectivity index (χ0) is 17.5. The molecule has 0 bridgehead atoms. The second kappa shape index (κ2) is 5.85. The van der Waals surface area contributed by atoms with Crippen molar-refractivity contribution in [3.05, 3.63) is 59.7 Å². The van der Waals surface area contributed by atoms with Gasteiger partial charge in [-0.05, 0) is 29.7 Å². The lowest BCUT2D eigenvalue weighted by atomic mass is 9.93. The average molecular weight is 335 g/mol. The van der Waals surface area contributed by atoms with Gasteiger partial charge in [-0.3, -0.25) is 0 Å². The molecule has 6 heteroatoms. The van der Waals surface area contributed by atoms with Gasteiger partial charge in [-0.1, -0.05) is 42.5 Å². The molecule has 1 aliphatic heterocycles. The van der Waals surface area contributed by atoms with Crippen LogP contribution in [0.25, 0.3) is 11.1 Å². The molecule has 2 aromatic carbocycles. The molecule has 0 spiro atoms. The molecule has 0 N–H and O–H groups in total. The fraction of sp³-hybridized carbons (Fsp3) is 0.278. The first-order chi connectivity index (χ1) is 11.3. The van der Waals surface area contributed by atoms with Gasteiger partial charge < -0.3 is 9.64 Å². The highest BCUT2D eigenvalue weighted by Crippen LogP contribution is 2.40. The number of ether oxygens (including phenoxy) is 1. The summed E-state index contributed by atoms with van der Waals surface area (Å²) in [5.41, 5.74) is 0.304. The summed E-state index contributed by atoms with van der Waals surface area (Å²) in [6, 6.07) is 12.1. The molecular formula is C18H16F3NO2. The van der Waals surface area contributed by atoms with Crippen molar-refractivity contribution in [2.75, 3.05) is 7.05 Å². The SMILES string of the molecule is CC1OC(=O)N(C)C1c1ccc(-c2ccccc2)c(C(F)(F)F)c1. The molecule has 1 amide bonds. The molecule has 3 rings (SSSR count). The van der Waals surface area contributed by atoms with Crippen molar-refractivity contribution in [2.45, 2.75) is 25.2 Å². The van der Waals surface area contributed by atoms with Gasteiger partial charge in [-0.2, -0.15) is 13.2 Å². The predicted molar refractivity (Wildman–Crippen MR) is 83.3 cm³/mol. The van der Waals surface area contributed by atoms with E-state index in [1.807, 2.05) is 0 Å². The highest BCUT2D eigenvalue weighted by atomic mass is 19.4. The minimum absolute atomic E-state index is 0.118. The number of carbonyl (C=O) groups excluding carboxylic acids is 1. The van der Waals surface area contributed by atoms with Crippen molar-refractivity contribution in [3.8, 4) is 11.1 Å². The van der Waals surface area contributed by atoms with E-state index in [0.29, 0.717) is 11.1 Å². The van der Waals surface area contributed by atoms with Crippen LogP contribution in [0.3, 0.4) is 0 Å². The number of cyclic esters (lactones) is 1. The Hall–Kier alpha value is -2.50. The van der Waals surface area contributed by atoms with Crippen LogP contribution in [0.15, 0.2) is 48.5 Å². The smallest absolute Gasteiger partial charge is 0.417 e. The van der Waals surface area contributed by atoms with Gasteiger partial charge in [0.2, 0.25) is 0 Å². The first-order valence-corrected chi connectivity index (χ1v) is 7.49. The van der Waals surface area contributed by atoms with Crippen LogP contribution in [0.2, 0.25) is 0 Å². The highest BCUT2D eigenvalue weighted by Gasteiger charge is 2.40. The van der Waals surface area contributed by atoms with Crippen LogP contribution in [-0.2, 0) is 10.9 Å². The summed E-state index contributed by atoms with van der Waals surface area (Å²) in [5, 5.41) is 0. The Morgan fingerprint density at radius 3 is 2.29 bits per heavy atom. The van der Waals surface area contributed by atoms with Crippen LogP contribution in [0.1, 0.15) is 24.1 Å². The summed E-state index contributed by atoms with van der Waals surface area (Å²) in [4.78, 5) is 12.9. The Morgan fingerprint density at radius 1 is 1.08 bits per heavy atom. The van der Waals surface area contributed by atoms with Crippen molar-refractivity contribution in [1.82, 2.24) is 4.90 Å². The lowest BCUT2D eigenvalue weighted by molar-refractivity contribution is -0.137. The van der Waals surface area contributed by atoms with Gasteiger partial charge >= 0.3 is 12.3 Å². The molecule has 24 heavy (non-hydrogen) atoms. The maximum atomic E-state index is 13.6. The summed E-state index contributed by atoms with van der Waals surface area (Å²) in [5.74, 6) is 0. The van der Waals surface area contributed by atoms with Gasteiger partial charge in [0.25, 0.3) is 0 Å². The Labute approximate surface area is 137 Å². The van der Waals surface area contributed by atoms with E-state index in [1.54, 1.807) is 43.3 Å². The number of rotatable bonds is 2. The first-order valence-electron chi connectivity index (χ1n) is 7.49. The van der Waals surface area contributed by atoms with E-state index >= 15 is 0 Å². The molecule has 0 radical (unpaired) electrons. The van der Waals surface area contributed by atoms with E-state index in [1.165, 1.54) is 18.0 Å². The fourth-order valence-corrected chi connectivity index (χ4v) is 3.08. The van der Waals surface area contributed by atoms with Gasteiger partial charge in [0.1, 0.15) is 6.10 Å². The zero-order valence-electron chi connectivity index (χ0n) is 13.2. The zero-order valence-corrected chi connectivity index (χ0v) is 13.2. The van der Waals surface area contributed by atoms with Crippen LogP contribution < -0.4 is 0 Å². The lowest BCUT2D eigenvalue weighted by Crippen LogP contribution is -2.25. The number of alkyl halides is 3. The van der Waals surface area contributed by atoms with Crippen LogP contribution in [0.5, 0.6) is 0 Å². The number of halogens is 3. The van der Waals surface area contributed by atoms with Crippen molar-refractivity contribution in [3.63, 3.8) is 0 Å². The van der Waals surface area contributed by atoms with E-state index in [9.17, 15) is 18.0 Å². The van der Waals surface area contributed by atoms with E-state index in [4.69, 9.17) is 4.74 Å². The van der Waals surface area contributed by atoms with E-state index in [-0.39, 0.29) is 5.56 Å². The molecule has 2 aromatic rings. The summed E-state index contributed by atoms with van der Waals surface area (Å²) >= 11 is 0. The van der Waals surface area contributed by atoms with Crippen LogP contribution in [0, 0.1) is 0 Å². The Morgan fingerprint density at radius 2 is 1.75 bits per heavy atom. The molecule has 1 fully saturated rings. The number of amides is 1. The minimum atomic E-state index is -4.49. The van der Waals surface area contributed by atoms with Gasteiger partial charge in [0.15, 0.2) is 0 Å². The van der Waals surface area contributed by atoms with Gasteiger partial charge in [-0.15, -0.1) is 0 Å². The molecule has 1 heterocycles. The van der Waals surface area contributed by atoms with Gasteiger partial charge in [0.05, 0.1) is 11.6 Å². The van der Waals surface area contributed by atoms with Crippen molar-refractivity contribution in [2.24, 2.45) is 0 Å². The molecule has 1 saturated heterocycles. The van der Waals surface area contributed by atoms with Crippen LogP contribution in [-0.4, -0.2) is 24.1 Å². The van der Waals surface area contributed by atoms with Gasteiger partial charge in [0, 0.05) is 7.05 Å². The third-order valence-corrected chi connectivity index (χ3v) is 4.21. The van der Waals surface area contributed by atoms with E-state index < -0.39 is 30.0 Å². The lowest BCUT2D eigenvalue weighted by Gasteiger charge is -2.22. The highest BCUT2D eigenvalue weighted by molar-refractivity contribution is 5.72. The summed E-state index contributed by atoms with van der Waals surface area (Å²) in [7, 11) is 1.52. The fourth-order valence-electron chi connectivity index (χ4n) is 3.08. The number of hydrogen-bond acceptors (Lipinski definition) is 2. The summed E-state index contributed by atoms with van der Waals surface area (Å²) < 4.78 is 45.8. The topological polar surface area (TPSA) is 29.5 Å².